The summed E-state index contributed by atoms with van der Waals surface area (Å²) in [5.41, 5.74) is -0.238. The summed E-state index contributed by atoms with van der Waals surface area (Å²) in [6, 6.07) is 3.10. The van der Waals surface area contributed by atoms with Gasteiger partial charge < -0.3 is 9.73 Å². The summed E-state index contributed by atoms with van der Waals surface area (Å²) >= 11 is 11.4. The lowest BCUT2D eigenvalue weighted by atomic mass is 9.78. The predicted octanol–water partition coefficient (Wildman–Crippen LogP) is 2.82. The molecule has 0 radical (unpaired) electrons. The zero-order chi connectivity index (χ0) is 10.9. The maximum absolute atomic E-state index is 11.7. The molecule has 2 rings (SSSR count). The summed E-state index contributed by atoms with van der Waals surface area (Å²) in [5, 5.41) is 3.10. The second-order valence-electron chi connectivity index (χ2n) is 3.83. The number of nitrogens with one attached hydrogen (secondary N) is 1. The van der Waals surface area contributed by atoms with Gasteiger partial charge in [-0.15, -0.1) is 11.6 Å². The van der Waals surface area contributed by atoms with Crippen LogP contribution in [0, 0.1) is 0 Å². The number of amides is 1. The first kappa shape index (κ1) is 10.8. The van der Waals surface area contributed by atoms with Crippen molar-refractivity contribution in [3.05, 3.63) is 23.1 Å². The first-order valence-electron chi connectivity index (χ1n) is 4.79. The van der Waals surface area contributed by atoms with Crippen molar-refractivity contribution in [3.8, 4) is 0 Å². The van der Waals surface area contributed by atoms with Gasteiger partial charge in [0.05, 0.1) is 5.54 Å². The van der Waals surface area contributed by atoms with Gasteiger partial charge in [0.1, 0.15) is 0 Å². The van der Waals surface area contributed by atoms with Crippen molar-refractivity contribution in [1.29, 1.82) is 0 Å². The standard InChI is InChI=1S/C10H11Cl2NO2/c11-6-10(4-1-5-10)13-9(14)7-2-3-8(12)15-7/h2-3H,1,4-6H2,(H,13,14). The molecule has 1 N–H and O–H groups in total. The molecule has 3 nitrogen and oxygen atoms in total. The van der Waals surface area contributed by atoms with Crippen LogP contribution in [0.3, 0.4) is 0 Å². The number of carbonyl (C=O) groups excluding carboxylic acids is 1. The topological polar surface area (TPSA) is 42.2 Å². The number of halogens is 2. The molecule has 1 amide bonds. The number of rotatable bonds is 3. The summed E-state index contributed by atoms with van der Waals surface area (Å²) in [6.07, 6.45) is 2.96. The van der Waals surface area contributed by atoms with Gasteiger partial charge in [-0.1, -0.05) is 0 Å². The molecular formula is C10H11Cl2NO2. The molecule has 5 heteroatoms. The molecule has 15 heavy (non-hydrogen) atoms. The molecule has 0 aromatic carbocycles. The lowest BCUT2D eigenvalue weighted by molar-refractivity contribution is 0.0825. The van der Waals surface area contributed by atoms with Gasteiger partial charge in [0.2, 0.25) is 0 Å². The average molecular weight is 248 g/mol. The highest BCUT2D eigenvalue weighted by molar-refractivity contribution is 6.29. The molecule has 0 spiro atoms. The zero-order valence-corrected chi connectivity index (χ0v) is 9.57. The number of hydrogen-bond donors (Lipinski definition) is 1. The van der Waals surface area contributed by atoms with E-state index in [-0.39, 0.29) is 22.4 Å². The average Bonchev–Trinajstić information content (AvgIpc) is 2.58. The molecule has 1 heterocycles. The summed E-state index contributed by atoms with van der Waals surface area (Å²) in [4.78, 5) is 11.7. The van der Waals surface area contributed by atoms with Gasteiger partial charge in [0, 0.05) is 5.88 Å². The quantitative estimate of drug-likeness (QED) is 0.835. The first-order valence-corrected chi connectivity index (χ1v) is 5.70. The molecule has 82 valence electrons. The third kappa shape index (κ3) is 2.13. The van der Waals surface area contributed by atoms with Gasteiger partial charge in [0.15, 0.2) is 11.0 Å². The summed E-state index contributed by atoms with van der Waals surface area (Å²) in [5.74, 6) is 0.423. The van der Waals surface area contributed by atoms with Gasteiger partial charge in [-0.25, -0.2) is 0 Å². The number of carbonyl (C=O) groups is 1. The molecule has 0 saturated heterocycles. The van der Waals surface area contributed by atoms with E-state index in [0.29, 0.717) is 5.88 Å². The van der Waals surface area contributed by atoms with E-state index in [1.165, 1.54) is 0 Å². The first-order chi connectivity index (χ1) is 7.15. The fourth-order valence-corrected chi connectivity index (χ4v) is 2.11. The van der Waals surface area contributed by atoms with Crippen LogP contribution in [0.1, 0.15) is 29.8 Å². The highest BCUT2D eigenvalue weighted by Crippen LogP contribution is 2.33. The smallest absolute Gasteiger partial charge is 0.287 e. The fraction of sp³-hybridized carbons (Fsp3) is 0.500. The third-order valence-corrected chi connectivity index (χ3v) is 3.46. The largest absolute Gasteiger partial charge is 0.440 e. The van der Waals surface area contributed by atoms with Crippen molar-refractivity contribution in [2.75, 3.05) is 5.88 Å². The van der Waals surface area contributed by atoms with Gasteiger partial charge in [-0.2, -0.15) is 0 Å². The van der Waals surface area contributed by atoms with Gasteiger partial charge in [0.25, 0.3) is 5.91 Å². The Bertz CT molecular complexity index is 366. The van der Waals surface area contributed by atoms with E-state index in [4.69, 9.17) is 27.6 Å². The summed E-state index contributed by atoms with van der Waals surface area (Å²) in [6.45, 7) is 0. The Labute approximate surface area is 97.7 Å². The minimum atomic E-state index is -0.248. The minimum absolute atomic E-state index is 0.216. The molecule has 1 fully saturated rings. The van der Waals surface area contributed by atoms with E-state index in [1.807, 2.05) is 0 Å². The van der Waals surface area contributed by atoms with E-state index in [9.17, 15) is 4.79 Å². The van der Waals surface area contributed by atoms with Crippen LogP contribution in [0.2, 0.25) is 5.22 Å². The van der Waals surface area contributed by atoms with Crippen LogP contribution in [0.5, 0.6) is 0 Å². The maximum atomic E-state index is 11.7. The highest BCUT2D eigenvalue weighted by Gasteiger charge is 2.38. The Morgan fingerprint density at radius 1 is 1.53 bits per heavy atom. The highest BCUT2D eigenvalue weighted by atomic mass is 35.5. The van der Waals surface area contributed by atoms with Crippen molar-refractivity contribution in [3.63, 3.8) is 0 Å². The van der Waals surface area contributed by atoms with Gasteiger partial charge in [-0.05, 0) is 43.0 Å². The Kier molecular flexibility index (Phi) is 2.94. The molecule has 0 atom stereocenters. The Morgan fingerprint density at radius 3 is 2.67 bits per heavy atom. The van der Waals surface area contributed by atoms with Crippen molar-refractivity contribution in [2.45, 2.75) is 24.8 Å². The van der Waals surface area contributed by atoms with E-state index in [1.54, 1.807) is 12.1 Å². The van der Waals surface area contributed by atoms with Crippen LogP contribution in [0.4, 0.5) is 0 Å². The van der Waals surface area contributed by atoms with Crippen LogP contribution in [0.15, 0.2) is 16.5 Å². The fourth-order valence-electron chi connectivity index (χ4n) is 1.63. The van der Waals surface area contributed by atoms with Crippen LogP contribution in [0.25, 0.3) is 0 Å². The number of hydrogen-bond acceptors (Lipinski definition) is 2. The van der Waals surface area contributed by atoms with Crippen LogP contribution in [-0.4, -0.2) is 17.3 Å². The van der Waals surface area contributed by atoms with E-state index in [2.05, 4.69) is 5.32 Å². The molecule has 0 aliphatic heterocycles. The maximum Gasteiger partial charge on any atom is 0.287 e. The Hall–Kier alpha value is -0.670. The van der Waals surface area contributed by atoms with Crippen LogP contribution < -0.4 is 5.32 Å². The second kappa shape index (κ2) is 4.06. The minimum Gasteiger partial charge on any atom is -0.440 e. The number of furan rings is 1. The summed E-state index contributed by atoms with van der Waals surface area (Å²) in [7, 11) is 0. The van der Waals surface area contributed by atoms with Gasteiger partial charge in [-0.3, -0.25) is 4.79 Å². The monoisotopic (exact) mass is 247 g/mol. The van der Waals surface area contributed by atoms with Crippen molar-refractivity contribution in [1.82, 2.24) is 5.32 Å². The number of alkyl halides is 1. The van der Waals surface area contributed by atoms with E-state index < -0.39 is 0 Å². The lowest BCUT2D eigenvalue weighted by Crippen LogP contribution is -2.54. The zero-order valence-electron chi connectivity index (χ0n) is 8.06. The van der Waals surface area contributed by atoms with Crippen molar-refractivity contribution in [2.24, 2.45) is 0 Å². The lowest BCUT2D eigenvalue weighted by Gasteiger charge is -2.40. The molecule has 1 aliphatic carbocycles. The van der Waals surface area contributed by atoms with E-state index in [0.717, 1.165) is 19.3 Å². The normalized spacial score (nSPS) is 18.3. The van der Waals surface area contributed by atoms with Crippen LogP contribution >= 0.6 is 23.2 Å². The molecule has 1 aliphatic rings. The Balaban J connectivity index is 2.03. The molecule has 1 saturated carbocycles. The predicted molar refractivity (Wildman–Crippen MR) is 58.5 cm³/mol. The molecule has 1 aromatic heterocycles. The Morgan fingerprint density at radius 2 is 2.27 bits per heavy atom. The van der Waals surface area contributed by atoms with Crippen molar-refractivity contribution < 1.29 is 9.21 Å². The van der Waals surface area contributed by atoms with Crippen molar-refractivity contribution >= 4 is 29.1 Å². The van der Waals surface area contributed by atoms with E-state index >= 15 is 0 Å². The van der Waals surface area contributed by atoms with Crippen LogP contribution in [-0.2, 0) is 0 Å². The molecule has 1 aromatic rings. The third-order valence-electron chi connectivity index (χ3n) is 2.74. The molecule has 0 unspecified atom stereocenters. The molecular weight excluding hydrogens is 237 g/mol. The van der Waals surface area contributed by atoms with Gasteiger partial charge >= 0.3 is 0 Å². The summed E-state index contributed by atoms with van der Waals surface area (Å²) < 4.78 is 5.01. The molecule has 0 bridgehead atoms. The second-order valence-corrected chi connectivity index (χ2v) is 4.47. The SMILES string of the molecule is O=C(NC1(CCl)CCC1)c1ccc(Cl)o1.